The topological polar surface area (TPSA) is 53.1 Å². The molecule has 3 rings (SSSR count). The second-order valence-electron chi connectivity index (χ2n) is 4.55. The highest BCUT2D eigenvalue weighted by atomic mass is 19.1. The minimum atomic E-state index is -0.332. The lowest BCUT2D eigenvalue weighted by atomic mass is 10.1. The van der Waals surface area contributed by atoms with Gasteiger partial charge in [-0.15, -0.1) is 0 Å². The second kappa shape index (κ2) is 5.28. The molecule has 0 radical (unpaired) electrons. The summed E-state index contributed by atoms with van der Waals surface area (Å²) in [5.74, 6) is 0.809. The Bertz CT molecular complexity index is 783. The predicted molar refractivity (Wildman–Crippen MR) is 79.9 cm³/mol. The predicted octanol–water partition coefficient (Wildman–Crippen LogP) is 3.27. The Hall–Kier alpha value is -2.82. The van der Waals surface area contributed by atoms with Crippen LogP contribution < -0.4 is 10.5 Å². The van der Waals surface area contributed by atoms with Crippen LogP contribution in [0.5, 0.6) is 5.75 Å². The summed E-state index contributed by atoms with van der Waals surface area (Å²) < 4.78 is 20.2. The van der Waals surface area contributed by atoms with Gasteiger partial charge in [0.25, 0.3) is 0 Å². The molecule has 1 heterocycles. The molecule has 3 aromatic rings. The maximum atomic E-state index is 13.3. The van der Waals surface area contributed by atoms with Gasteiger partial charge >= 0.3 is 0 Å². The first-order valence-corrected chi connectivity index (χ1v) is 6.44. The smallest absolute Gasteiger partial charge is 0.128 e. The molecule has 5 heteroatoms. The average Bonchev–Trinajstić information content (AvgIpc) is 2.89. The van der Waals surface area contributed by atoms with Crippen molar-refractivity contribution in [2.24, 2.45) is 0 Å². The van der Waals surface area contributed by atoms with Crippen LogP contribution in [0.25, 0.3) is 16.9 Å². The first kappa shape index (κ1) is 13.2. The third kappa shape index (κ3) is 2.45. The number of aromatic nitrogens is 2. The normalized spacial score (nSPS) is 10.6. The molecule has 2 aromatic carbocycles. The fourth-order valence-electron chi connectivity index (χ4n) is 2.20. The van der Waals surface area contributed by atoms with Crippen LogP contribution in [0.15, 0.2) is 54.6 Å². The van der Waals surface area contributed by atoms with Crippen LogP contribution in [-0.2, 0) is 0 Å². The zero-order valence-electron chi connectivity index (χ0n) is 11.5. The van der Waals surface area contributed by atoms with Gasteiger partial charge in [0.05, 0.1) is 18.5 Å². The summed E-state index contributed by atoms with van der Waals surface area (Å²) in [5.41, 5.74) is 8.08. The van der Waals surface area contributed by atoms with E-state index >= 15 is 0 Å². The molecule has 2 N–H and O–H groups in total. The SMILES string of the molecule is COc1ccccc1-c1cc(N)n(-c2cccc(F)c2)n1. The number of ether oxygens (including phenoxy) is 1. The van der Waals surface area contributed by atoms with Crippen molar-refractivity contribution >= 4 is 5.82 Å². The molecule has 0 aliphatic rings. The van der Waals surface area contributed by atoms with E-state index in [1.165, 1.54) is 16.8 Å². The fraction of sp³-hybridized carbons (Fsp3) is 0.0625. The number of hydrogen-bond acceptors (Lipinski definition) is 3. The molecule has 0 unspecified atom stereocenters. The number of nitrogens with two attached hydrogens (primary N) is 1. The van der Waals surface area contributed by atoms with Gasteiger partial charge in [-0.1, -0.05) is 18.2 Å². The summed E-state index contributed by atoms with van der Waals surface area (Å²) >= 11 is 0. The van der Waals surface area contributed by atoms with E-state index in [-0.39, 0.29) is 5.82 Å². The number of methoxy groups -OCH3 is 1. The molecular weight excluding hydrogens is 269 g/mol. The van der Waals surface area contributed by atoms with Crippen molar-refractivity contribution in [3.05, 3.63) is 60.4 Å². The number of nitrogen functional groups attached to an aromatic ring is 1. The highest BCUT2D eigenvalue weighted by Crippen LogP contribution is 2.30. The first-order chi connectivity index (χ1) is 10.2. The van der Waals surface area contributed by atoms with Crippen molar-refractivity contribution < 1.29 is 9.13 Å². The van der Waals surface area contributed by atoms with E-state index in [1.807, 2.05) is 24.3 Å². The van der Waals surface area contributed by atoms with E-state index in [4.69, 9.17) is 10.5 Å². The molecule has 0 atom stereocenters. The van der Waals surface area contributed by atoms with E-state index in [0.717, 1.165) is 5.56 Å². The summed E-state index contributed by atoms with van der Waals surface area (Å²) in [6, 6.07) is 15.4. The number of halogens is 1. The van der Waals surface area contributed by atoms with Gasteiger partial charge in [0, 0.05) is 11.6 Å². The molecule has 0 aliphatic heterocycles. The van der Waals surface area contributed by atoms with E-state index in [0.29, 0.717) is 22.9 Å². The average molecular weight is 283 g/mol. The fourth-order valence-corrected chi connectivity index (χ4v) is 2.20. The molecule has 0 fully saturated rings. The van der Waals surface area contributed by atoms with Crippen LogP contribution in [-0.4, -0.2) is 16.9 Å². The largest absolute Gasteiger partial charge is 0.496 e. The maximum absolute atomic E-state index is 13.3. The maximum Gasteiger partial charge on any atom is 0.128 e. The summed E-state index contributed by atoms with van der Waals surface area (Å²) in [5, 5.41) is 4.44. The first-order valence-electron chi connectivity index (χ1n) is 6.44. The van der Waals surface area contributed by atoms with Gasteiger partial charge in [-0.05, 0) is 30.3 Å². The Labute approximate surface area is 121 Å². The van der Waals surface area contributed by atoms with Gasteiger partial charge in [0.2, 0.25) is 0 Å². The number of rotatable bonds is 3. The van der Waals surface area contributed by atoms with E-state index in [1.54, 1.807) is 25.3 Å². The lowest BCUT2D eigenvalue weighted by Crippen LogP contribution is -2.01. The van der Waals surface area contributed by atoms with Gasteiger partial charge in [-0.25, -0.2) is 9.07 Å². The monoisotopic (exact) mass is 283 g/mol. The van der Waals surface area contributed by atoms with Crippen LogP contribution in [0.3, 0.4) is 0 Å². The van der Waals surface area contributed by atoms with Crippen molar-refractivity contribution in [3.63, 3.8) is 0 Å². The molecule has 0 bridgehead atoms. The van der Waals surface area contributed by atoms with Crippen LogP contribution in [0, 0.1) is 5.82 Å². The Morgan fingerprint density at radius 3 is 2.67 bits per heavy atom. The van der Waals surface area contributed by atoms with Gasteiger partial charge in [0.1, 0.15) is 17.4 Å². The van der Waals surface area contributed by atoms with E-state index in [2.05, 4.69) is 5.10 Å². The van der Waals surface area contributed by atoms with Crippen LogP contribution >= 0.6 is 0 Å². The van der Waals surface area contributed by atoms with Gasteiger partial charge < -0.3 is 10.5 Å². The molecule has 1 aromatic heterocycles. The summed E-state index contributed by atoms with van der Waals surface area (Å²) in [4.78, 5) is 0. The highest BCUT2D eigenvalue weighted by Gasteiger charge is 2.12. The number of benzene rings is 2. The Morgan fingerprint density at radius 1 is 1.10 bits per heavy atom. The summed E-state index contributed by atoms with van der Waals surface area (Å²) in [7, 11) is 1.60. The third-order valence-corrected chi connectivity index (χ3v) is 3.17. The molecule has 0 aliphatic carbocycles. The van der Waals surface area contributed by atoms with E-state index in [9.17, 15) is 4.39 Å². The molecule has 0 amide bonds. The van der Waals surface area contributed by atoms with Crippen LogP contribution in [0.4, 0.5) is 10.2 Å². The van der Waals surface area contributed by atoms with Crippen molar-refractivity contribution in [2.45, 2.75) is 0 Å². The Balaban J connectivity index is 2.10. The van der Waals surface area contributed by atoms with Crippen molar-refractivity contribution in [1.29, 1.82) is 0 Å². The number of anilines is 1. The van der Waals surface area contributed by atoms with Crippen LogP contribution in [0.1, 0.15) is 0 Å². The van der Waals surface area contributed by atoms with Gasteiger partial charge in [-0.3, -0.25) is 0 Å². The molecule has 0 saturated heterocycles. The highest BCUT2D eigenvalue weighted by molar-refractivity contribution is 5.69. The molecule has 0 spiro atoms. The molecule has 21 heavy (non-hydrogen) atoms. The molecule has 4 nitrogen and oxygen atoms in total. The number of para-hydroxylation sites is 1. The zero-order valence-corrected chi connectivity index (χ0v) is 11.5. The lowest BCUT2D eigenvalue weighted by Gasteiger charge is -2.05. The number of hydrogen-bond donors (Lipinski definition) is 1. The number of nitrogens with zero attached hydrogens (tertiary/aromatic N) is 2. The summed E-state index contributed by atoms with van der Waals surface area (Å²) in [6.45, 7) is 0. The Morgan fingerprint density at radius 2 is 1.90 bits per heavy atom. The summed E-state index contributed by atoms with van der Waals surface area (Å²) in [6.07, 6.45) is 0. The second-order valence-corrected chi connectivity index (χ2v) is 4.55. The quantitative estimate of drug-likeness (QED) is 0.802. The molecule has 0 saturated carbocycles. The standard InChI is InChI=1S/C16H14FN3O/c1-21-15-8-3-2-7-13(15)14-10-16(18)20(19-14)12-6-4-5-11(17)9-12/h2-10H,18H2,1H3. The Kier molecular flexibility index (Phi) is 3.31. The molecular formula is C16H14FN3O. The van der Waals surface area contributed by atoms with Crippen molar-refractivity contribution in [1.82, 2.24) is 9.78 Å². The van der Waals surface area contributed by atoms with Gasteiger partial charge in [0.15, 0.2) is 0 Å². The van der Waals surface area contributed by atoms with E-state index < -0.39 is 0 Å². The molecule has 106 valence electrons. The minimum absolute atomic E-state index is 0.332. The van der Waals surface area contributed by atoms with Gasteiger partial charge in [-0.2, -0.15) is 5.10 Å². The van der Waals surface area contributed by atoms with Crippen LogP contribution in [0.2, 0.25) is 0 Å². The minimum Gasteiger partial charge on any atom is -0.496 e. The third-order valence-electron chi connectivity index (χ3n) is 3.17. The van der Waals surface area contributed by atoms with Crippen molar-refractivity contribution in [3.8, 4) is 22.7 Å². The van der Waals surface area contributed by atoms with Crippen molar-refractivity contribution in [2.75, 3.05) is 12.8 Å². The lowest BCUT2D eigenvalue weighted by molar-refractivity contribution is 0.416. The zero-order chi connectivity index (χ0) is 14.8.